The van der Waals surface area contributed by atoms with Crippen LogP contribution < -0.4 is 11.3 Å². The van der Waals surface area contributed by atoms with Crippen molar-refractivity contribution in [2.24, 2.45) is 5.73 Å². The molecule has 2 rings (SSSR count). The number of fused-ring (bicyclic) bond motifs is 1. The molecule has 19 heavy (non-hydrogen) atoms. The van der Waals surface area contributed by atoms with Gasteiger partial charge in [0.25, 0.3) is 5.56 Å². The van der Waals surface area contributed by atoms with Gasteiger partial charge in [0.2, 0.25) is 0 Å². The van der Waals surface area contributed by atoms with Gasteiger partial charge < -0.3 is 10.8 Å². The number of carbonyl (C=O) groups is 1. The molecule has 1 aromatic carbocycles. The number of carboxylic acids is 1. The summed E-state index contributed by atoms with van der Waals surface area (Å²) >= 11 is 6.01. The van der Waals surface area contributed by atoms with Gasteiger partial charge in [-0.25, -0.2) is 0 Å². The number of hydrogen-bond donors (Lipinski definition) is 2. The second kappa shape index (κ2) is 5.03. The minimum Gasteiger partial charge on any atom is -0.480 e. The van der Waals surface area contributed by atoms with Gasteiger partial charge in [0.1, 0.15) is 6.54 Å². The molecule has 100 valence electrons. The summed E-state index contributed by atoms with van der Waals surface area (Å²) in [5.41, 5.74) is 5.84. The zero-order valence-corrected chi connectivity index (χ0v) is 11.0. The Balaban J connectivity index is 2.86. The van der Waals surface area contributed by atoms with E-state index in [1.165, 1.54) is 0 Å². The molecule has 0 fully saturated rings. The van der Waals surface area contributed by atoms with Gasteiger partial charge in [-0.3, -0.25) is 14.2 Å². The first kappa shape index (κ1) is 13.6. The van der Waals surface area contributed by atoms with Gasteiger partial charge in [-0.1, -0.05) is 23.7 Å². The normalized spacial score (nSPS) is 12.6. The molecule has 1 heterocycles. The summed E-state index contributed by atoms with van der Waals surface area (Å²) in [6.45, 7) is 1.26. The number of aromatic nitrogens is 1. The fraction of sp³-hybridized carbons (Fsp3) is 0.231. The van der Waals surface area contributed by atoms with E-state index in [4.69, 9.17) is 22.4 Å². The van der Waals surface area contributed by atoms with Crippen LogP contribution in [0.3, 0.4) is 0 Å². The van der Waals surface area contributed by atoms with Gasteiger partial charge >= 0.3 is 5.97 Å². The maximum Gasteiger partial charge on any atom is 0.323 e. The lowest BCUT2D eigenvalue weighted by Gasteiger charge is -2.15. The van der Waals surface area contributed by atoms with Crippen molar-refractivity contribution in [2.75, 3.05) is 0 Å². The summed E-state index contributed by atoms with van der Waals surface area (Å²) in [5.74, 6) is -1.10. The fourth-order valence-electron chi connectivity index (χ4n) is 2.05. The molecule has 1 atom stereocenters. The van der Waals surface area contributed by atoms with E-state index in [9.17, 15) is 9.59 Å². The van der Waals surface area contributed by atoms with Crippen molar-refractivity contribution in [1.29, 1.82) is 0 Å². The first-order chi connectivity index (χ1) is 8.91. The minimum atomic E-state index is -1.10. The van der Waals surface area contributed by atoms with Crippen molar-refractivity contribution in [3.05, 3.63) is 45.3 Å². The quantitative estimate of drug-likeness (QED) is 0.897. The van der Waals surface area contributed by atoms with Crippen molar-refractivity contribution in [1.82, 2.24) is 4.57 Å². The van der Waals surface area contributed by atoms with Crippen molar-refractivity contribution in [3.8, 4) is 0 Å². The zero-order chi connectivity index (χ0) is 14.2. The summed E-state index contributed by atoms with van der Waals surface area (Å²) in [6.07, 6.45) is 0. The first-order valence-corrected chi connectivity index (χ1v) is 6.09. The molecule has 3 N–H and O–H groups in total. The molecule has 6 heteroatoms. The van der Waals surface area contributed by atoms with Crippen LogP contribution in [0.1, 0.15) is 18.7 Å². The van der Waals surface area contributed by atoms with Crippen LogP contribution in [0.15, 0.2) is 29.1 Å². The molecule has 0 aliphatic rings. The molecule has 0 spiro atoms. The Hall–Kier alpha value is -1.85. The van der Waals surface area contributed by atoms with Crippen LogP contribution in [0.4, 0.5) is 0 Å². The monoisotopic (exact) mass is 280 g/mol. The highest BCUT2D eigenvalue weighted by Gasteiger charge is 2.15. The predicted molar refractivity (Wildman–Crippen MR) is 73.5 cm³/mol. The summed E-state index contributed by atoms with van der Waals surface area (Å²) in [7, 11) is 0. The van der Waals surface area contributed by atoms with Gasteiger partial charge in [0.05, 0.1) is 10.4 Å². The van der Waals surface area contributed by atoms with Gasteiger partial charge in [-0.15, -0.1) is 0 Å². The molecule has 1 aromatic heterocycles. The standard InChI is InChI=1S/C13H13ClN2O3/c1-7(15)10-5-8-3-2-4-9(14)12(8)13(19)16(10)6-11(17)18/h2-5,7H,6,15H2,1H3,(H,17,18). The Morgan fingerprint density at radius 1 is 1.53 bits per heavy atom. The topological polar surface area (TPSA) is 85.3 Å². The molecule has 0 aliphatic carbocycles. The van der Waals surface area contributed by atoms with E-state index >= 15 is 0 Å². The molecule has 2 aromatic rings. The number of carboxylic acid groups (broad SMARTS) is 1. The van der Waals surface area contributed by atoms with E-state index in [1.807, 2.05) is 0 Å². The predicted octanol–water partition coefficient (Wildman–Crippen LogP) is 1.76. The Labute approximate surface area is 114 Å². The highest BCUT2D eigenvalue weighted by Crippen LogP contribution is 2.22. The lowest BCUT2D eigenvalue weighted by Crippen LogP contribution is -2.29. The highest BCUT2D eigenvalue weighted by atomic mass is 35.5. The number of hydrogen-bond acceptors (Lipinski definition) is 3. The molecule has 0 saturated heterocycles. The van der Waals surface area contributed by atoms with Crippen LogP contribution in [0, 0.1) is 0 Å². The smallest absolute Gasteiger partial charge is 0.323 e. The van der Waals surface area contributed by atoms with E-state index < -0.39 is 24.1 Å². The van der Waals surface area contributed by atoms with Crippen LogP contribution in [0.25, 0.3) is 10.8 Å². The van der Waals surface area contributed by atoms with Crippen LogP contribution in [-0.4, -0.2) is 15.6 Å². The minimum absolute atomic E-state index is 0.304. The largest absolute Gasteiger partial charge is 0.480 e. The fourth-order valence-corrected chi connectivity index (χ4v) is 2.31. The molecule has 0 saturated carbocycles. The molecular formula is C13H13ClN2O3. The van der Waals surface area contributed by atoms with Gasteiger partial charge in [-0.2, -0.15) is 0 Å². The van der Waals surface area contributed by atoms with E-state index in [0.29, 0.717) is 21.5 Å². The van der Waals surface area contributed by atoms with Crippen LogP contribution >= 0.6 is 11.6 Å². The van der Waals surface area contributed by atoms with E-state index in [1.54, 1.807) is 31.2 Å². The third-order valence-electron chi connectivity index (χ3n) is 2.88. The summed E-state index contributed by atoms with van der Waals surface area (Å²) < 4.78 is 1.15. The van der Waals surface area contributed by atoms with Crippen LogP contribution in [-0.2, 0) is 11.3 Å². The lowest BCUT2D eigenvalue weighted by atomic mass is 10.1. The zero-order valence-electron chi connectivity index (χ0n) is 10.3. The average molecular weight is 281 g/mol. The van der Waals surface area contributed by atoms with E-state index in [-0.39, 0.29) is 0 Å². The molecule has 0 bridgehead atoms. The third kappa shape index (κ3) is 2.47. The second-order valence-electron chi connectivity index (χ2n) is 4.35. The number of halogens is 1. The number of pyridine rings is 1. The molecular weight excluding hydrogens is 268 g/mol. The van der Waals surface area contributed by atoms with Gasteiger partial charge in [-0.05, 0) is 24.4 Å². The lowest BCUT2D eigenvalue weighted by molar-refractivity contribution is -0.137. The summed E-state index contributed by atoms with van der Waals surface area (Å²) in [4.78, 5) is 23.3. The van der Waals surface area contributed by atoms with Gasteiger partial charge in [0, 0.05) is 11.7 Å². The average Bonchev–Trinajstić information content (AvgIpc) is 2.31. The Kier molecular flexibility index (Phi) is 3.59. The first-order valence-electron chi connectivity index (χ1n) is 5.71. The van der Waals surface area contributed by atoms with E-state index in [0.717, 1.165) is 4.57 Å². The second-order valence-corrected chi connectivity index (χ2v) is 4.75. The van der Waals surface area contributed by atoms with Gasteiger partial charge in [0.15, 0.2) is 0 Å². The number of aliphatic carboxylic acids is 1. The summed E-state index contributed by atoms with van der Waals surface area (Å²) in [5, 5.41) is 10.2. The number of rotatable bonds is 3. The highest BCUT2D eigenvalue weighted by molar-refractivity contribution is 6.35. The number of nitrogens with zero attached hydrogens (tertiary/aromatic N) is 1. The van der Waals surface area contributed by atoms with E-state index in [2.05, 4.69) is 0 Å². The van der Waals surface area contributed by atoms with Crippen LogP contribution in [0.5, 0.6) is 0 Å². The Morgan fingerprint density at radius 2 is 2.21 bits per heavy atom. The van der Waals surface area contributed by atoms with Crippen molar-refractivity contribution in [2.45, 2.75) is 19.5 Å². The SMILES string of the molecule is CC(N)c1cc2cccc(Cl)c2c(=O)n1CC(=O)O. The van der Waals surface area contributed by atoms with Crippen molar-refractivity contribution >= 4 is 28.3 Å². The Morgan fingerprint density at radius 3 is 2.79 bits per heavy atom. The molecule has 5 nitrogen and oxygen atoms in total. The van der Waals surface area contributed by atoms with Crippen LogP contribution in [0.2, 0.25) is 5.02 Å². The molecule has 0 radical (unpaired) electrons. The molecule has 0 aliphatic heterocycles. The maximum absolute atomic E-state index is 12.4. The van der Waals surface area contributed by atoms with Crippen molar-refractivity contribution < 1.29 is 9.90 Å². The summed E-state index contributed by atoms with van der Waals surface area (Å²) in [6, 6.07) is 6.34. The molecule has 1 unspecified atom stereocenters. The Bertz CT molecular complexity index is 707. The number of benzene rings is 1. The maximum atomic E-state index is 12.4. The molecule has 0 amide bonds. The third-order valence-corrected chi connectivity index (χ3v) is 3.19. The number of nitrogens with two attached hydrogens (primary N) is 1. The van der Waals surface area contributed by atoms with Crippen molar-refractivity contribution in [3.63, 3.8) is 0 Å².